The Balaban J connectivity index is 3.11. The summed E-state index contributed by atoms with van der Waals surface area (Å²) in [6.45, 7) is 0. The second-order valence-corrected chi connectivity index (χ2v) is 5.62. The minimum Gasteiger partial charge on any atom is -0.398 e. The van der Waals surface area contributed by atoms with Crippen molar-refractivity contribution in [2.75, 3.05) is 12.0 Å². The van der Waals surface area contributed by atoms with Crippen LogP contribution in [0.2, 0.25) is 0 Å². The SMILES string of the molecule is CS(=O)(=O)Cc1ccc(C(F)(F)F)cc1N. The number of nitrogens with two attached hydrogens (primary N) is 1. The molecule has 0 fully saturated rings. The summed E-state index contributed by atoms with van der Waals surface area (Å²) >= 11 is 0. The summed E-state index contributed by atoms with van der Waals surface area (Å²) in [7, 11) is -3.31. The molecule has 0 aliphatic heterocycles. The van der Waals surface area contributed by atoms with Crippen LogP contribution in [0.15, 0.2) is 18.2 Å². The maximum Gasteiger partial charge on any atom is 0.416 e. The molecule has 1 aromatic rings. The monoisotopic (exact) mass is 253 g/mol. The van der Waals surface area contributed by atoms with Crippen molar-refractivity contribution in [3.05, 3.63) is 29.3 Å². The van der Waals surface area contributed by atoms with Crippen LogP contribution in [0, 0.1) is 0 Å². The van der Waals surface area contributed by atoms with Gasteiger partial charge in [-0.05, 0) is 17.7 Å². The second-order valence-electron chi connectivity index (χ2n) is 3.48. The Morgan fingerprint density at radius 1 is 1.31 bits per heavy atom. The van der Waals surface area contributed by atoms with Gasteiger partial charge < -0.3 is 5.73 Å². The zero-order valence-electron chi connectivity index (χ0n) is 8.38. The third-order valence-electron chi connectivity index (χ3n) is 1.89. The van der Waals surface area contributed by atoms with Crippen molar-refractivity contribution in [2.45, 2.75) is 11.9 Å². The van der Waals surface area contributed by atoms with E-state index in [4.69, 9.17) is 5.73 Å². The number of nitrogen functional groups attached to an aromatic ring is 1. The Bertz CT molecular complexity index is 494. The standard InChI is InChI=1S/C9H10F3NO2S/c1-16(14,15)5-6-2-3-7(4-8(6)13)9(10,11)12/h2-4H,5,13H2,1H3. The maximum atomic E-state index is 12.3. The normalized spacial score (nSPS) is 12.8. The average Bonchev–Trinajstić information content (AvgIpc) is 2.04. The van der Waals surface area contributed by atoms with Crippen molar-refractivity contribution in [1.29, 1.82) is 0 Å². The molecule has 2 N–H and O–H groups in total. The van der Waals surface area contributed by atoms with Crippen LogP contribution in [-0.4, -0.2) is 14.7 Å². The fourth-order valence-corrected chi connectivity index (χ4v) is 2.01. The molecule has 0 heterocycles. The molecule has 0 saturated carbocycles. The average molecular weight is 253 g/mol. The quantitative estimate of drug-likeness (QED) is 0.818. The number of anilines is 1. The summed E-state index contributed by atoms with van der Waals surface area (Å²) in [5.74, 6) is -0.364. The van der Waals surface area contributed by atoms with E-state index in [1.807, 2.05) is 0 Å². The minimum absolute atomic E-state index is 0.166. The van der Waals surface area contributed by atoms with Gasteiger partial charge >= 0.3 is 6.18 Å². The van der Waals surface area contributed by atoms with Gasteiger partial charge in [-0.2, -0.15) is 13.2 Å². The first-order chi connectivity index (χ1) is 7.09. The molecule has 0 radical (unpaired) electrons. The van der Waals surface area contributed by atoms with Crippen molar-refractivity contribution in [2.24, 2.45) is 0 Å². The molecule has 1 rings (SSSR count). The van der Waals surface area contributed by atoms with Crippen LogP contribution in [0.25, 0.3) is 0 Å². The van der Waals surface area contributed by atoms with Gasteiger partial charge in [0.1, 0.15) is 0 Å². The zero-order chi connectivity index (χ0) is 12.6. The van der Waals surface area contributed by atoms with Crippen molar-refractivity contribution >= 4 is 15.5 Å². The van der Waals surface area contributed by atoms with E-state index in [2.05, 4.69) is 0 Å². The van der Waals surface area contributed by atoms with Crippen LogP contribution < -0.4 is 5.73 Å². The van der Waals surface area contributed by atoms with E-state index in [9.17, 15) is 21.6 Å². The van der Waals surface area contributed by atoms with Gasteiger partial charge in [-0.1, -0.05) is 6.07 Å². The molecule has 0 aliphatic rings. The van der Waals surface area contributed by atoms with Crippen molar-refractivity contribution < 1.29 is 21.6 Å². The van der Waals surface area contributed by atoms with Crippen LogP contribution in [0.5, 0.6) is 0 Å². The van der Waals surface area contributed by atoms with Gasteiger partial charge in [0.15, 0.2) is 9.84 Å². The Morgan fingerprint density at radius 3 is 2.25 bits per heavy atom. The summed E-state index contributed by atoms with van der Waals surface area (Å²) in [5.41, 5.74) is 4.48. The number of benzene rings is 1. The van der Waals surface area contributed by atoms with Gasteiger partial charge in [-0.15, -0.1) is 0 Å². The summed E-state index contributed by atoms with van der Waals surface area (Å²) in [4.78, 5) is 0. The highest BCUT2D eigenvalue weighted by molar-refractivity contribution is 7.89. The molecule has 0 amide bonds. The molecule has 90 valence electrons. The topological polar surface area (TPSA) is 60.2 Å². The number of rotatable bonds is 2. The summed E-state index contributed by atoms with van der Waals surface area (Å²) < 4.78 is 58.7. The zero-order valence-corrected chi connectivity index (χ0v) is 9.19. The van der Waals surface area contributed by atoms with Crippen molar-refractivity contribution in [3.63, 3.8) is 0 Å². The summed E-state index contributed by atoms with van der Waals surface area (Å²) in [6, 6.07) is 2.64. The van der Waals surface area contributed by atoms with Gasteiger partial charge in [0.05, 0.1) is 11.3 Å². The molecule has 0 aromatic heterocycles. The fraction of sp³-hybridized carbons (Fsp3) is 0.333. The molecule has 0 spiro atoms. The highest BCUT2D eigenvalue weighted by Crippen LogP contribution is 2.31. The number of sulfone groups is 1. The second kappa shape index (κ2) is 3.97. The third-order valence-corrected chi connectivity index (χ3v) is 2.73. The molecule has 0 saturated heterocycles. The molecule has 0 bridgehead atoms. The minimum atomic E-state index is -4.47. The predicted molar refractivity (Wildman–Crippen MR) is 54.4 cm³/mol. The van der Waals surface area contributed by atoms with E-state index in [0.29, 0.717) is 0 Å². The van der Waals surface area contributed by atoms with Crippen LogP contribution in [0.1, 0.15) is 11.1 Å². The van der Waals surface area contributed by atoms with Crippen molar-refractivity contribution in [3.8, 4) is 0 Å². The molecular weight excluding hydrogens is 243 g/mol. The molecule has 0 unspecified atom stereocenters. The first kappa shape index (κ1) is 12.8. The van der Waals surface area contributed by atoms with E-state index in [1.54, 1.807) is 0 Å². The number of halogens is 3. The van der Waals surface area contributed by atoms with Crippen molar-refractivity contribution in [1.82, 2.24) is 0 Å². The molecule has 7 heteroatoms. The molecule has 16 heavy (non-hydrogen) atoms. The van der Waals surface area contributed by atoms with Gasteiger partial charge in [0.25, 0.3) is 0 Å². The van der Waals surface area contributed by atoms with E-state index < -0.39 is 21.6 Å². The Morgan fingerprint density at radius 2 is 1.88 bits per heavy atom. The van der Waals surface area contributed by atoms with Crippen LogP contribution in [0.4, 0.5) is 18.9 Å². The molecule has 0 aliphatic carbocycles. The van der Waals surface area contributed by atoms with E-state index in [-0.39, 0.29) is 17.0 Å². The smallest absolute Gasteiger partial charge is 0.398 e. The van der Waals surface area contributed by atoms with Crippen LogP contribution >= 0.6 is 0 Å². The molecule has 3 nitrogen and oxygen atoms in total. The third kappa shape index (κ3) is 3.41. The van der Waals surface area contributed by atoms with E-state index in [0.717, 1.165) is 24.5 Å². The molecule has 1 aromatic carbocycles. The first-order valence-corrected chi connectivity index (χ1v) is 6.29. The van der Waals surface area contributed by atoms with Crippen LogP contribution in [0.3, 0.4) is 0 Å². The number of hydrogen-bond acceptors (Lipinski definition) is 3. The lowest BCUT2D eigenvalue weighted by Crippen LogP contribution is -2.08. The van der Waals surface area contributed by atoms with Gasteiger partial charge in [-0.3, -0.25) is 0 Å². The largest absolute Gasteiger partial charge is 0.416 e. The Labute approximate surface area is 91.0 Å². The summed E-state index contributed by atoms with van der Waals surface area (Å²) in [6.07, 6.45) is -3.48. The Hall–Kier alpha value is -1.24. The summed E-state index contributed by atoms with van der Waals surface area (Å²) in [5, 5.41) is 0. The highest BCUT2D eigenvalue weighted by Gasteiger charge is 2.30. The van der Waals surface area contributed by atoms with Crippen LogP contribution in [-0.2, 0) is 21.8 Å². The highest BCUT2D eigenvalue weighted by atomic mass is 32.2. The Kier molecular flexibility index (Phi) is 3.18. The predicted octanol–water partition coefficient (Wildman–Crippen LogP) is 1.83. The van der Waals surface area contributed by atoms with E-state index >= 15 is 0 Å². The lowest BCUT2D eigenvalue weighted by Gasteiger charge is -2.10. The molecular formula is C9H10F3NO2S. The van der Waals surface area contributed by atoms with Gasteiger partial charge in [-0.25, -0.2) is 8.42 Å². The van der Waals surface area contributed by atoms with E-state index in [1.165, 1.54) is 0 Å². The fourth-order valence-electron chi connectivity index (χ4n) is 1.19. The first-order valence-electron chi connectivity index (χ1n) is 4.23. The maximum absolute atomic E-state index is 12.3. The molecule has 0 atom stereocenters. The lowest BCUT2D eigenvalue weighted by molar-refractivity contribution is -0.137. The van der Waals surface area contributed by atoms with Gasteiger partial charge in [0, 0.05) is 11.9 Å². The van der Waals surface area contributed by atoms with Gasteiger partial charge in [0.2, 0.25) is 0 Å². The number of hydrogen-bond donors (Lipinski definition) is 1. The lowest BCUT2D eigenvalue weighted by atomic mass is 10.1. The number of alkyl halides is 3.